The van der Waals surface area contributed by atoms with Crippen molar-refractivity contribution < 1.29 is 57.8 Å². The number of aliphatic hydroxyl groups is 2. The lowest BCUT2D eigenvalue weighted by Gasteiger charge is -2.70. The Hall–Kier alpha value is -2.65. The zero-order valence-electron chi connectivity index (χ0n) is 29.2. The van der Waals surface area contributed by atoms with Crippen LogP contribution in [-0.2, 0) is 42.7 Å². The monoisotopic (exact) mass is 687 g/mol. The topological polar surface area (TPSA) is 160 Å². The van der Waals surface area contributed by atoms with E-state index in [0.29, 0.717) is 19.5 Å². The summed E-state index contributed by atoms with van der Waals surface area (Å²) in [6, 6.07) is 8.12. The average Bonchev–Trinajstić information content (AvgIpc) is 3.46. The third-order valence-corrected chi connectivity index (χ3v) is 13.5. The van der Waals surface area contributed by atoms with Gasteiger partial charge in [-0.2, -0.15) is 0 Å². The summed E-state index contributed by atoms with van der Waals surface area (Å²) in [4.78, 5) is 41.9. The lowest BCUT2D eigenvalue weighted by atomic mass is 9.42. The number of carbonyl (C=O) groups is 3. The SMILES string of the molecule is CCN1CC2(COC)C(OC(C)=O)CC(OC)C34C5CC6(OC(C)=O)C(OC)C(O)C(O)(C5C6OC(=O)c5ccccc5)C(C(OC)C23)C14. The first-order valence-electron chi connectivity index (χ1n) is 17.2. The minimum absolute atomic E-state index is 0.108. The van der Waals surface area contributed by atoms with Gasteiger partial charge in [-0.3, -0.25) is 14.5 Å². The van der Waals surface area contributed by atoms with Crippen LogP contribution in [0.4, 0.5) is 0 Å². The molecule has 270 valence electrons. The van der Waals surface area contributed by atoms with Gasteiger partial charge < -0.3 is 43.4 Å². The van der Waals surface area contributed by atoms with Gasteiger partial charge in [0.15, 0.2) is 11.7 Å². The van der Waals surface area contributed by atoms with E-state index in [-0.39, 0.29) is 24.6 Å². The smallest absolute Gasteiger partial charge is 0.338 e. The van der Waals surface area contributed by atoms with E-state index >= 15 is 0 Å². The van der Waals surface area contributed by atoms with Gasteiger partial charge in [-0.05, 0) is 31.0 Å². The van der Waals surface area contributed by atoms with E-state index in [4.69, 9.17) is 33.2 Å². The molecule has 0 aromatic heterocycles. The van der Waals surface area contributed by atoms with Crippen molar-refractivity contribution in [1.82, 2.24) is 4.90 Å². The summed E-state index contributed by atoms with van der Waals surface area (Å²) in [5.74, 6) is -4.32. The highest BCUT2D eigenvalue weighted by Crippen LogP contribution is 2.80. The molecular formula is C36H49NO12. The molecule has 1 saturated heterocycles. The minimum atomic E-state index is -1.94. The number of benzene rings is 1. The molecule has 5 aliphatic carbocycles. The van der Waals surface area contributed by atoms with Crippen LogP contribution in [0.2, 0.25) is 0 Å². The highest BCUT2D eigenvalue weighted by Gasteiger charge is 2.92. The van der Waals surface area contributed by atoms with E-state index in [9.17, 15) is 24.6 Å². The van der Waals surface area contributed by atoms with E-state index in [2.05, 4.69) is 4.90 Å². The van der Waals surface area contributed by atoms with Crippen LogP contribution in [0.15, 0.2) is 30.3 Å². The minimum Gasteiger partial charge on any atom is -0.462 e. The Labute approximate surface area is 286 Å². The molecule has 1 spiro atoms. The number of hydrogen-bond donors (Lipinski definition) is 2. The van der Waals surface area contributed by atoms with Crippen LogP contribution in [0.5, 0.6) is 0 Å². The maximum atomic E-state index is 13.9. The number of ether oxygens (including phenoxy) is 7. The number of aliphatic hydroxyl groups excluding tert-OH is 1. The van der Waals surface area contributed by atoms with Gasteiger partial charge in [0, 0.05) is 89.9 Å². The number of piperidine rings is 1. The molecule has 1 aliphatic heterocycles. The summed E-state index contributed by atoms with van der Waals surface area (Å²) in [6.45, 7) is 5.99. The molecule has 0 radical (unpaired) electrons. The fourth-order valence-corrected chi connectivity index (χ4v) is 12.6. The highest BCUT2D eigenvalue weighted by atomic mass is 16.6. The van der Waals surface area contributed by atoms with Crippen molar-refractivity contribution >= 4 is 17.9 Å². The maximum Gasteiger partial charge on any atom is 0.338 e. The van der Waals surface area contributed by atoms with Gasteiger partial charge in [0.05, 0.1) is 24.4 Å². The molecule has 2 N–H and O–H groups in total. The van der Waals surface area contributed by atoms with Crippen LogP contribution in [0, 0.1) is 34.5 Å². The Morgan fingerprint density at radius 3 is 2.20 bits per heavy atom. The molecule has 15 unspecified atom stereocenters. The number of carbonyl (C=O) groups excluding carboxylic acids is 3. The van der Waals surface area contributed by atoms with Gasteiger partial charge in [0.1, 0.15) is 23.9 Å². The quantitative estimate of drug-likeness (QED) is 0.267. The summed E-state index contributed by atoms with van der Waals surface area (Å²) in [5, 5.41) is 26.0. The Morgan fingerprint density at radius 1 is 0.918 bits per heavy atom. The van der Waals surface area contributed by atoms with Crippen molar-refractivity contribution in [2.24, 2.45) is 34.5 Å². The molecule has 15 atom stereocenters. The van der Waals surface area contributed by atoms with Crippen molar-refractivity contribution in [3.8, 4) is 0 Å². The fraction of sp³-hybridized carbons (Fsp3) is 0.750. The number of likely N-dealkylation sites (tertiary alicyclic amines) is 1. The van der Waals surface area contributed by atoms with Gasteiger partial charge in [0.2, 0.25) is 0 Å². The predicted molar refractivity (Wildman–Crippen MR) is 170 cm³/mol. The number of hydrogen-bond acceptors (Lipinski definition) is 13. The van der Waals surface area contributed by atoms with E-state index in [1.165, 1.54) is 21.0 Å². The number of fused-ring (bicyclic) bond motifs is 2. The molecule has 0 amide bonds. The number of nitrogens with zero attached hydrogens (tertiary/aromatic N) is 1. The molecule has 1 aromatic carbocycles. The van der Waals surface area contributed by atoms with Gasteiger partial charge in [-0.1, -0.05) is 25.1 Å². The molecular weight excluding hydrogens is 638 g/mol. The zero-order valence-corrected chi connectivity index (χ0v) is 29.2. The molecule has 13 nitrogen and oxygen atoms in total. The molecule has 6 fully saturated rings. The van der Waals surface area contributed by atoms with Crippen molar-refractivity contribution in [1.29, 1.82) is 0 Å². The van der Waals surface area contributed by atoms with Crippen molar-refractivity contribution in [3.05, 3.63) is 35.9 Å². The van der Waals surface area contributed by atoms with Gasteiger partial charge >= 0.3 is 17.9 Å². The third kappa shape index (κ3) is 4.21. The molecule has 6 aliphatic rings. The van der Waals surface area contributed by atoms with Gasteiger partial charge in [-0.15, -0.1) is 0 Å². The summed E-state index contributed by atoms with van der Waals surface area (Å²) in [7, 11) is 6.26. The van der Waals surface area contributed by atoms with Crippen molar-refractivity contribution in [3.63, 3.8) is 0 Å². The lowest BCUT2D eigenvalue weighted by Crippen LogP contribution is -2.81. The first-order chi connectivity index (χ1) is 23.4. The van der Waals surface area contributed by atoms with E-state index in [1.807, 2.05) is 6.92 Å². The first-order valence-corrected chi connectivity index (χ1v) is 17.2. The van der Waals surface area contributed by atoms with Gasteiger partial charge in [0.25, 0.3) is 0 Å². The highest BCUT2D eigenvalue weighted by molar-refractivity contribution is 5.89. The van der Waals surface area contributed by atoms with Crippen LogP contribution in [0.1, 0.15) is 44.0 Å². The summed E-state index contributed by atoms with van der Waals surface area (Å²) in [6.07, 6.45) is -5.35. The Kier molecular flexibility index (Phi) is 8.49. The molecule has 13 heteroatoms. The van der Waals surface area contributed by atoms with Crippen molar-refractivity contribution in [2.75, 3.05) is 48.1 Å². The second-order valence-corrected chi connectivity index (χ2v) is 15.0. The van der Waals surface area contributed by atoms with Crippen LogP contribution in [-0.4, -0.2) is 135 Å². The number of rotatable bonds is 10. The Balaban J connectivity index is 1.52. The number of esters is 3. The summed E-state index contributed by atoms with van der Waals surface area (Å²) >= 11 is 0. The maximum absolute atomic E-state index is 13.9. The predicted octanol–water partition coefficient (Wildman–Crippen LogP) is 1.22. The van der Waals surface area contributed by atoms with E-state index < -0.39 is 100 Å². The first kappa shape index (κ1) is 34.8. The van der Waals surface area contributed by atoms with Crippen LogP contribution >= 0.6 is 0 Å². The van der Waals surface area contributed by atoms with E-state index in [1.54, 1.807) is 51.7 Å². The zero-order chi connectivity index (χ0) is 35.3. The summed E-state index contributed by atoms with van der Waals surface area (Å²) < 4.78 is 43.7. The Morgan fingerprint density at radius 2 is 1.63 bits per heavy atom. The van der Waals surface area contributed by atoms with E-state index in [0.717, 1.165) is 0 Å². The van der Waals surface area contributed by atoms with Crippen LogP contribution < -0.4 is 0 Å². The van der Waals surface area contributed by atoms with Crippen LogP contribution in [0.25, 0.3) is 0 Å². The summed E-state index contributed by atoms with van der Waals surface area (Å²) in [5.41, 5.74) is -4.91. The molecule has 49 heavy (non-hydrogen) atoms. The second kappa shape index (κ2) is 12.0. The molecule has 7 rings (SSSR count). The third-order valence-electron chi connectivity index (χ3n) is 13.5. The van der Waals surface area contributed by atoms with Crippen LogP contribution in [0.3, 0.4) is 0 Å². The van der Waals surface area contributed by atoms with Gasteiger partial charge in [-0.25, -0.2) is 4.79 Å². The normalized spacial score (nSPS) is 47.4. The van der Waals surface area contributed by atoms with Crippen molar-refractivity contribution in [2.45, 2.75) is 87.5 Å². The largest absolute Gasteiger partial charge is 0.462 e. The second-order valence-electron chi connectivity index (χ2n) is 15.0. The fourth-order valence-electron chi connectivity index (χ4n) is 12.6. The molecule has 7 bridgehead atoms. The Bertz CT molecular complexity index is 1480. The molecule has 5 saturated carbocycles. The number of methoxy groups -OCH3 is 4. The molecule has 1 aromatic rings. The lowest BCUT2D eigenvalue weighted by molar-refractivity contribution is -0.321. The molecule has 1 heterocycles. The standard InChI is InChI=1S/C36H49NO12/c1-8-37-16-33(17-43-4)22(47-18(2)38)14-23(44-5)35-21-15-34(49-19(3)39)30(48-32(41)20-12-10-9-11-13-20)24(21)36(42,29(40)31(34)46-7)25(28(35)37)26(45-6)27(33)35/h9-13,21-31,40,42H,8,14-17H2,1-7H3. The average molecular weight is 688 g/mol.